The molecule has 0 saturated carbocycles. The maximum absolute atomic E-state index is 11.8. The van der Waals surface area contributed by atoms with Gasteiger partial charge in [-0.15, -0.1) is 0 Å². The van der Waals surface area contributed by atoms with Crippen molar-refractivity contribution in [1.82, 2.24) is 10.3 Å². The van der Waals surface area contributed by atoms with Gasteiger partial charge < -0.3 is 35.6 Å². The van der Waals surface area contributed by atoms with Crippen molar-refractivity contribution in [3.63, 3.8) is 0 Å². The van der Waals surface area contributed by atoms with Crippen LogP contribution in [0.15, 0.2) is 36.7 Å². The molecule has 0 bridgehead atoms. The van der Waals surface area contributed by atoms with E-state index < -0.39 is 43.2 Å². The predicted octanol–water partition coefficient (Wildman–Crippen LogP) is -0.708. The van der Waals surface area contributed by atoms with Crippen LogP contribution in [-0.2, 0) is 4.74 Å². The lowest BCUT2D eigenvalue weighted by Gasteiger charge is -2.42. The predicted molar refractivity (Wildman–Crippen MR) is 107 cm³/mol. The molecule has 2 unspecified atom stereocenters. The molecule has 1 aromatic heterocycles. The molecule has 0 aliphatic carbocycles. The molecule has 1 aliphatic heterocycles. The van der Waals surface area contributed by atoms with E-state index in [0.717, 1.165) is 5.56 Å². The van der Waals surface area contributed by atoms with Gasteiger partial charge in [0, 0.05) is 25.0 Å². The SMILES string of the molecule is CNC(=O)c1cncc(-c2ccc([C@@H](O)[C@H]3OC(CO)[C@@H](O)[C@H](O)C3O)c(C)c2)c1. The summed E-state index contributed by atoms with van der Waals surface area (Å²) < 4.78 is 5.46. The van der Waals surface area contributed by atoms with Crippen molar-refractivity contribution in [3.05, 3.63) is 53.3 Å². The number of rotatable bonds is 5. The molecule has 1 amide bonds. The minimum absolute atomic E-state index is 0.254. The van der Waals surface area contributed by atoms with E-state index >= 15 is 0 Å². The lowest BCUT2D eigenvalue weighted by molar-refractivity contribution is -0.250. The fourth-order valence-corrected chi connectivity index (χ4v) is 3.62. The molecule has 0 radical (unpaired) electrons. The second kappa shape index (κ2) is 9.17. The molecule has 1 aliphatic rings. The summed E-state index contributed by atoms with van der Waals surface area (Å²) in [5.41, 5.74) is 3.04. The number of hydrogen-bond acceptors (Lipinski definition) is 8. The first-order valence-electron chi connectivity index (χ1n) is 9.55. The maximum Gasteiger partial charge on any atom is 0.252 e. The Morgan fingerprint density at radius 3 is 2.50 bits per heavy atom. The van der Waals surface area contributed by atoms with E-state index in [2.05, 4.69) is 10.3 Å². The number of aliphatic hydroxyl groups excluding tert-OH is 5. The molecular weight excluding hydrogens is 392 g/mol. The molecule has 9 heteroatoms. The third kappa shape index (κ3) is 4.22. The van der Waals surface area contributed by atoms with E-state index in [-0.39, 0.29) is 5.91 Å². The lowest BCUT2D eigenvalue weighted by Crippen LogP contribution is -2.59. The van der Waals surface area contributed by atoms with Crippen LogP contribution in [0, 0.1) is 6.92 Å². The molecule has 1 saturated heterocycles. The zero-order chi connectivity index (χ0) is 22.0. The number of benzene rings is 1. The zero-order valence-corrected chi connectivity index (χ0v) is 16.6. The number of hydrogen-bond donors (Lipinski definition) is 6. The van der Waals surface area contributed by atoms with Gasteiger partial charge in [0.1, 0.15) is 36.6 Å². The smallest absolute Gasteiger partial charge is 0.252 e. The van der Waals surface area contributed by atoms with Crippen LogP contribution < -0.4 is 5.32 Å². The average molecular weight is 418 g/mol. The lowest BCUT2D eigenvalue weighted by atomic mass is 9.88. The van der Waals surface area contributed by atoms with Crippen molar-refractivity contribution in [3.8, 4) is 11.1 Å². The number of aliphatic hydroxyl groups is 5. The van der Waals surface area contributed by atoms with Gasteiger partial charge in [0.15, 0.2) is 0 Å². The van der Waals surface area contributed by atoms with E-state index in [4.69, 9.17) is 4.74 Å². The van der Waals surface area contributed by atoms with Gasteiger partial charge in [-0.3, -0.25) is 9.78 Å². The van der Waals surface area contributed by atoms with Crippen molar-refractivity contribution in [2.45, 2.75) is 43.5 Å². The van der Waals surface area contributed by atoms with Gasteiger partial charge in [0.05, 0.1) is 12.2 Å². The van der Waals surface area contributed by atoms with Crippen molar-refractivity contribution in [2.75, 3.05) is 13.7 Å². The Morgan fingerprint density at radius 2 is 1.87 bits per heavy atom. The van der Waals surface area contributed by atoms with E-state index in [1.807, 2.05) is 0 Å². The highest BCUT2D eigenvalue weighted by atomic mass is 16.6. The highest BCUT2D eigenvalue weighted by Crippen LogP contribution is 2.33. The first-order valence-corrected chi connectivity index (χ1v) is 9.55. The highest BCUT2D eigenvalue weighted by molar-refractivity contribution is 5.94. The second-order valence-corrected chi connectivity index (χ2v) is 7.35. The third-order valence-electron chi connectivity index (χ3n) is 5.39. The summed E-state index contributed by atoms with van der Waals surface area (Å²) in [6.45, 7) is 1.20. The van der Waals surface area contributed by atoms with Crippen molar-refractivity contribution >= 4 is 5.91 Å². The normalized spacial score (nSPS) is 27.5. The summed E-state index contributed by atoms with van der Waals surface area (Å²) in [5.74, 6) is -0.254. The fourth-order valence-electron chi connectivity index (χ4n) is 3.62. The number of pyridine rings is 1. The van der Waals surface area contributed by atoms with Crippen molar-refractivity contribution in [2.24, 2.45) is 0 Å². The molecule has 2 heterocycles. The monoisotopic (exact) mass is 418 g/mol. The summed E-state index contributed by atoms with van der Waals surface area (Å²) in [4.78, 5) is 15.9. The zero-order valence-electron chi connectivity index (χ0n) is 16.6. The molecule has 9 nitrogen and oxygen atoms in total. The van der Waals surface area contributed by atoms with Crippen molar-refractivity contribution in [1.29, 1.82) is 0 Å². The molecule has 1 fully saturated rings. The minimum Gasteiger partial charge on any atom is -0.394 e. The van der Waals surface area contributed by atoms with Gasteiger partial charge in [0.25, 0.3) is 5.91 Å². The number of aryl methyl sites for hydroxylation is 1. The van der Waals surface area contributed by atoms with Gasteiger partial charge in [-0.2, -0.15) is 0 Å². The third-order valence-corrected chi connectivity index (χ3v) is 5.39. The topological polar surface area (TPSA) is 152 Å². The number of carbonyl (C=O) groups excluding carboxylic acids is 1. The quantitative estimate of drug-likeness (QED) is 0.373. The fraction of sp³-hybridized carbons (Fsp3) is 0.429. The number of nitrogens with one attached hydrogen (secondary N) is 1. The Labute approximate surface area is 173 Å². The average Bonchev–Trinajstić information content (AvgIpc) is 2.76. The molecule has 162 valence electrons. The first-order chi connectivity index (χ1) is 14.3. The molecular formula is C21H26N2O7. The number of ether oxygens (including phenoxy) is 1. The molecule has 0 spiro atoms. The molecule has 30 heavy (non-hydrogen) atoms. The summed E-state index contributed by atoms with van der Waals surface area (Å²) in [6, 6.07) is 6.89. The molecule has 6 N–H and O–H groups in total. The van der Waals surface area contributed by atoms with Gasteiger partial charge in [-0.1, -0.05) is 18.2 Å². The van der Waals surface area contributed by atoms with E-state index in [1.165, 1.54) is 13.2 Å². The van der Waals surface area contributed by atoms with Gasteiger partial charge in [-0.05, 0) is 29.7 Å². The molecule has 3 rings (SSSR count). The highest BCUT2D eigenvalue weighted by Gasteiger charge is 2.46. The van der Waals surface area contributed by atoms with E-state index in [1.54, 1.807) is 37.4 Å². The van der Waals surface area contributed by atoms with E-state index in [0.29, 0.717) is 22.3 Å². The summed E-state index contributed by atoms with van der Waals surface area (Å²) >= 11 is 0. The minimum atomic E-state index is -1.56. The van der Waals surface area contributed by atoms with Crippen LogP contribution in [0.25, 0.3) is 11.1 Å². The van der Waals surface area contributed by atoms with Crippen LogP contribution in [0.4, 0.5) is 0 Å². The van der Waals surface area contributed by atoms with Crippen LogP contribution in [0.3, 0.4) is 0 Å². The van der Waals surface area contributed by atoms with Gasteiger partial charge in [-0.25, -0.2) is 0 Å². The largest absolute Gasteiger partial charge is 0.394 e. The second-order valence-electron chi connectivity index (χ2n) is 7.35. The Bertz CT molecular complexity index is 905. The van der Waals surface area contributed by atoms with Gasteiger partial charge >= 0.3 is 0 Å². The summed E-state index contributed by atoms with van der Waals surface area (Å²) in [5, 5.41) is 52.8. The molecule has 2 aromatic rings. The summed E-state index contributed by atoms with van der Waals surface area (Å²) in [6.07, 6.45) is -5.14. The van der Waals surface area contributed by atoms with Crippen LogP contribution in [0.5, 0.6) is 0 Å². The Kier molecular flexibility index (Phi) is 6.81. The number of nitrogens with zero attached hydrogens (tertiary/aromatic N) is 1. The Morgan fingerprint density at radius 1 is 1.13 bits per heavy atom. The van der Waals surface area contributed by atoms with Crippen molar-refractivity contribution < 1.29 is 35.1 Å². The Hall–Kier alpha value is -2.40. The number of amides is 1. The van der Waals surface area contributed by atoms with Crippen LogP contribution in [-0.4, -0.2) is 80.6 Å². The maximum atomic E-state index is 11.8. The number of aromatic nitrogens is 1. The van der Waals surface area contributed by atoms with Crippen LogP contribution in [0.2, 0.25) is 0 Å². The standard InChI is InChI=1S/C21H26N2O7/c1-10-5-11(12-6-13(8-23-7-12)21(29)22-2)3-4-14(10)16(25)20-19(28)18(27)17(26)15(9-24)30-20/h3-8,15-20,24-28H,9H2,1-2H3,(H,22,29)/t15?,16-,17-,18+,19?,20-/m1/s1. The van der Waals surface area contributed by atoms with Crippen LogP contribution >= 0.6 is 0 Å². The first kappa shape index (κ1) is 22.3. The van der Waals surface area contributed by atoms with E-state index in [9.17, 15) is 30.3 Å². The molecule has 1 aromatic carbocycles. The summed E-state index contributed by atoms with van der Waals surface area (Å²) in [7, 11) is 1.54. The number of carbonyl (C=O) groups is 1. The van der Waals surface area contributed by atoms with Crippen LogP contribution in [0.1, 0.15) is 27.6 Å². The van der Waals surface area contributed by atoms with Gasteiger partial charge in [0.2, 0.25) is 0 Å². The molecule has 6 atom stereocenters. The Balaban J connectivity index is 1.87.